The molecule has 0 fully saturated rings. The summed E-state index contributed by atoms with van der Waals surface area (Å²) in [7, 11) is 0. The van der Waals surface area contributed by atoms with E-state index in [2.05, 4.69) is 37.2 Å². The van der Waals surface area contributed by atoms with Gasteiger partial charge in [0.15, 0.2) is 0 Å². The molecule has 18 heavy (non-hydrogen) atoms. The van der Waals surface area contributed by atoms with Gasteiger partial charge in [0.2, 0.25) is 0 Å². The second-order valence-electron chi connectivity index (χ2n) is 3.98. The zero-order valence-corrected chi connectivity index (χ0v) is 12.9. The van der Waals surface area contributed by atoms with Crippen molar-refractivity contribution in [1.29, 1.82) is 0 Å². The number of halogens is 2. The lowest BCUT2D eigenvalue weighted by Crippen LogP contribution is -2.11. The number of nitrogens with one attached hydrogen (secondary N) is 1. The number of carbonyl (C=O) groups is 1. The fourth-order valence-corrected chi connectivity index (χ4v) is 2.48. The predicted octanol–water partition coefficient (Wildman–Crippen LogP) is 4.77. The Kier molecular flexibility index (Phi) is 4.19. The molecule has 92 valence electrons. The smallest absolute Gasteiger partial charge is 0.255 e. The first-order valence-electron chi connectivity index (χ1n) is 5.39. The second kappa shape index (κ2) is 5.67. The number of rotatable bonds is 2. The molecule has 0 saturated heterocycles. The summed E-state index contributed by atoms with van der Waals surface area (Å²) < 4.78 is 1.89. The first-order chi connectivity index (χ1) is 8.54. The van der Waals surface area contributed by atoms with Crippen molar-refractivity contribution >= 4 is 43.5 Å². The fraction of sp³-hybridized carbons (Fsp3) is 0.0714. The topological polar surface area (TPSA) is 29.1 Å². The monoisotopic (exact) mass is 367 g/mol. The maximum Gasteiger partial charge on any atom is 0.255 e. The summed E-state index contributed by atoms with van der Waals surface area (Å²) in [4.78, 5) is 12.1. The molecular formula is C14H11Br2NO. The van der Waals surface area contributed by atoms with E-state index in [9.17, 15) is 4.79 Å². The molecule has 2 aromatic carbocycles. The summed E-state index contributed by atoms with van der Waals surface area (Å²) in [5.74, 6) is -0.110. The van der Waals surface area contributed by atoms with Crippen molar-refractivity contribution in [1.82, 2.24) is 0 Å². The van der Waals surface area contributed by atoms with E-state index >= 15 is 0 Å². The summed E-state index contributed by atoms with van der Waals surface area (Å²) in [6.07, 6.45) is 0. The van der Waals surface area contributed by atoms with Crippen LogP contribution in [-0.2, 0) is 0 Å². The van der Waals surface area contributed by atoms with Crippen LogP contribution in [0.25, 0.3) is 0 Å². The molecule has 0 spiro atoms. The van der Waals surface area contributed by atoms with Crippen LogP contribution in [0.2, 0.25) is 0 Å². The lowest BCUT2D eigenvalue weighted by Gasteiger charge is -2.06. The van der Waals surface area contributed by atoms with Gasteiger partial charge >= 0.3 is 0 Å². The van der Waals surface area contributed by atoms with Gasteiger partial charge in [-0.25, -0.2) is 0 Å². The van der Waals surface area contributed by atoms with Crippen LogP contribution >= 0.6 is 31.9 Å². The second-order valence-corrected chi connectivity index (χ2v) is 5.81. The number of hydrogen-bond donors (Lipinski definition) is 1. The lowest BCUT2D eigenvalue weighted by molar-refractivity contribution is 0.102. The first-order valence-corrected chi connectivity index (χ1v) is 6.97. The molecule has 4 heteroatoms. The van der Waals surface area contributed by atoms with E-state index in [1.165, 1.54) is 0 Å². The van der Waals surface area contributed by atoms with E-state index in [0.717, 1.165) is 20.2 Å². The normalized spacial score (nSPS) is 10.2. The number of aryl methyl sites for hydroxylation is 1. The van der Waals surface area contributed by atoms with Gasteiger partial charge in [-0.05, 0) is 55.0 Å². The molecule has 0 unspecified atom stereocenters. The minimum absolute atomic E-state index is 0.110. The highest BCUT2D eigenvalue weighted by Gasteiger charge is 2.07. The third-order valence-electron chi connectivity index (χ3n) is 2.41. The number of benzene rings is 2. The highest BCUT2D eigenvalue weighted by Crippen LogP contribution is 2.18. The average molecular weight is 369 g/mol. The van der Waals surface area contributed by atoms with Crippen molar-refractivity contribution in [3.05, 3.63) is 62.5 Å². The van der Waals surface area contributed by atoms with Crippen LogP contribution in [0.4, 0.5) is 5.69 Å². The Hall–Kier alpha value is -1.13. The molecular weight excluding hydrogens is 358 g/mol. The summed E-state index contributed by atoms with van der Waals surface area (Å²) in [6, 6.07) is 13.1. The highest BCUT2D eigenvalue weighted by atomic mass is 79.9. The van der Waals surface area contributed by atoms with E-state index < -0.39 is 0 Å². The van der Waals surface area contributed by atoms with Crippen LogP contribution in [0.5, 0.6) is 0 Å². The number of hydrogen-bond acceptors (Lipinski definition) is 1. The van der Waals surface area contributed by atoms with Gasteiger partial charge in [-0.15, -0.1) is 0 Å². The van der Waals surface area contributed by atoms with Crippen molar-refractivity contribution < 1.29 is 4.79 Å². The molecule has 2 rings (SSSR count). The summed E-state index contributed by atoms with van der Waals surface area (Å²) >= 11 is 6.75. The van der Waals surface area contributed by atoms with Gasteiger partial charge in [0.1, 0.15) is 0 Å². The Morgan fingerprint density at radius 2 is 1.67 bits per heavy atom. The molecule has 0 aromatic heterocycles. The molecule has 2 aromatic rings. The number of carbonyl (C=O) groups excluding carboxylic acids is 1. The fourth-order valence-electron chi connectivity index (χ4n) is 1.60. The van der Waals surface area contributed by atoms with Crippen molar-refractivity contribution in [3.8, 4) is 0 Å². The standard InChI is InChI=1S/C14H11Br2NO/c1-9-6-10(8-12(16)7-9)14(18)17-13-4-2-11(15)3-5-13/h2-8H,1H3,(H,17,18). The van der Waals surface area contributed by atoms with Crippen LogP contribution in [0.3, 0.4) is 0 Å². The Morgan fingerprint density at radius 3 is 2.28 bits per heavy atom. The van der Waals surface area contributed by atoms with Crippen LogP contribution in [-0.4, -0.2) is 5.91 Å². The number of anilines is 1. The van der Waals surface area contributed by atoms with Crippen LogP contribution in [0.1, 0.15) is 15.9 Å². The predicted molar refractivity (Wildman–Crippen MR) is 81.0 cm³/mol. The average Bonchev–Trinajstić information content (AvgIpc) is 2.31. The van der Waals surface area contributed by atoms with E-state index in [4.69, 9.17) is 0 Å². The van der Waals surface area contributed by atoms with Crippen LogP contribution < -0.4 is 5.32 Å². The molecule has 0 saturated carbocycles. The molecule has 0 aliphatic carbocycles. The molecule has 2 nitrogen and oxygen atoms in total. The van der Waals surface area contributed by atoms with Crippen molar-refractivity contribution in [2.45, 2.75) is 6.92 Å². The summed E-state index contributed by atoms with van der Waals surface area (Å²) in [6.45, 7) is 1.96. The Morgan fingerprint density at radius 1 is 1.00 bits per heavy atom. The van der Waals surface area contributed by atoms with E-state index in [-0.39, 0.29) is 5.91 Å². The molecule has 1 amide bonds. The van der Waals surface area contributed by atoms with Gasteiger partial charge in [0.25, 0.3) is 5.91 Å². The summed E-state index contributed by atoms with van der Waals surface area (Å²) in [5.41, 5.74) is 2.47. The third kappa shape index (κ3) is 3.43. The molecule has 1 N–H and O–H groups in total. The molecule has 0 aliphatic rings. The van der Waals surface area contributed by atoms with E-state index in [0.29, 0.717) is 5.56 Å². The van der Waals surface area contributed by atoms with Gasteiger partial charge in [-0.2, -0.15) is 0 Å². The van der Waals surface area contributed by atoms with Crippen LogP contribution in [0, 0.1) is 6.92 Å². The Balaban J connectivity index is 2.19. The first kappa shape index (κ1) is 13.3. The van der Waals surface area contributed by atoms with Crippen molar-refractivity contribution in [2.24, 2.45) is 0 Å². The molecule has 0 atom stereocenters. The third-order valence-corrected chi connectivity index (χ3v) is 3.39. The molecule has 0 radical (unpaired) electrons. The largest absolute Gasteiger partial charge is 0.322 e. The van der Waals surface area contributed by atoms with Crippen molar-refractivity contribution in [2.75, 3.05) is 5.32 Å². The Bertz CT molecular complexity index is 559. The van der Waals surface area contributed by atoms with Gasteiger partial charge < -0.3 is 5.32 Å². The molecule has 0 heterocycles. The zero-order chi connectivity index (χ0) is 13.1. The lowest BCUT2D eigenvalue weighted by atomic mass is 10.1. The highest BCUT2D eigenvalue weighted by molar-refractivity contribution is 9.10. The quantitative estimate of drug-likeness (QED) is 0.812. The van der Waals surface area contributed by atoms with Gasteiger partial charge in [-0.1, -0.05) is 31.9 Å². The zero-order valence-electron chi connectivity index (χ0n) is 9.71. The van der Waals surface area contributed by atoms with E-state index in [1.807, 2.05) is 43.3 Å². The minimum Gasteiger partial charge on any atom is -0.322 e. The van der Waals surface area contributed by atoms with Crippen LogP contribution in [0.15, 0.2) is 51.4 Å². The maximum atomic E-state index is 12.1. The van der Waals surface area contributed by atoms with Gasteiger partial charge in [0.05, 0.1) is 0 Å². The van der Waals surface area contributed by atoms with Gasteiger partial charge in [-0.3, -0.25) is 4.79 Å². The maximum absolute atomic E-state index is 12.1. The molecule has 0 aliphatic heterocycles. The molecule has 0 bridgehead atoms. The SMILES string of the molecule is Cc1cc(Br)cc(C(=O)Nc2ccc(Br)cc2)c1. The van der Waals surface area contributed by atoms with E-state index in [1.54, 1.807) is 6.07 Å². The van der Waals surface area contributed by atoms with Crippen molar-refractivity contribution in [3.63, 3.8) is 0 Å². The summed E-state index contributed by atoms with van der Waals surface area (Å²) in [5, 5.41) is 2.86. The van der Waals surface area contributed by atoms with Gasteiger partial charge in [0, 0.05) is 20.2 Å². The number of amides is 1. The Labute approximate surface area is 123 Å². The minimum atomic E-state index is -0.110.